The van der Waals surface area contributed by atoms with Crippen LogP contribution in [0.2, 0.25) is 0 Å². The topological polar surface area (TPSA) is 48.1 Å². The summed E-state index contributed by atoms with van der Waals surface area (Å²) < 4.78 is 0. The zero-order chi connectivity index (χ0) is 21.8. The van der Waals surface area contributed by atoms with E-state index in [-0.39, 0.29) is 11.6 Å². The van der Waals surface area contributed by atoms with Gasteiger partial charge in [-0.25, -0.2) is 0 Å². The first-order valence-corrected chi connectivity index (χ1v) is 11.5. The summed E-state index contributed by atoms with van der Waals surface area (Å²) >= 11 is 7.48. The zero-order valence-electron chi connectivity index (χ0n) is 17.6. The number of nitrogens with zero attached hydrogens (tertiary/aromatic N) is 1. The number of hydrogen-bond acceptors (Lipinski definition) is 3. The fraction of sp³-hybridized carbons (Fsp3) is 0.200. The zero-order valence-corrected chi connectivity index (χ0v) is 19.2. The number of aromatic nitrogens is 1. The minimum atomic E-state index is -0.0723. The van der Waals surface area contributed by atoms with Crippen molar-refractivity contribution in [3.63, 3.8) is 0 Å². The van der Waals surface area contributed by atoms with Crippen molar-refractivity contribution in [2.75, 3.05) is 0 Å². The number of pyridine rings is 1. The van der Waals surface area contributed by atoms with Gasteiger partial charge in [0, 0.05) is 10.4 Å². The number of rotatable bonds is 6. The fourth-order valence-corrected chi connectivity index (χ4v) is 4.67. The Hall–Kier alpha value is -2.96. The molecular formula is C25H25N3OS2. The van der Waals surface area contributed by atoms with E-state index in [2.05, 4.69) is 45.7 Å². The molecule has 0 amide bonds. The van der Waals surface area contributed by atoms with Crippen molar-refractivity contribution < 1.29 is 0 Å². The molecule has 0 saturated heterocycles. The molecule has 4 aromatic rings. The molecule has 158 valence electrons. The van der Waals surface area contributed by atoms with Gasteiger partial charge in [-0.05, 0) is 60.1 Å². The van der Waals surface area contributed by atoms with Crippen molar-refractivity contribution in [1.82, 2.24) is 15.2 Å². The summed E-state index contributed by atoms with van der Waals surface area (Å²) in [6.45, 7) is 5.18. The van der Waals surface area contributed by atoms with Crippen LogP contribution in [0.25, 0.3) is 10.9 Å². The van der Waals surface area contributed by atoms with E-state index in [0.717, 1.165) is 16.5 Å². The Morgan fingerprint density at radius 1 is 1.10 bits per heavy atom. The van der Waals surface area contributed by atoms with Crippen molar-refractivity contribution >= 4 is 39.6 Å². The molecule has 31 heavy (non-hydrogen) atoms. The number of H-pyrrole nitrogens is 1. The molecule has 0 radical (unpaired) electrons. The molecule has 2 aromatic carbocycles. The van der Waals surface area contributed by atoms with Crippen LogP contribution in [0, 0.1) is 6.92 Å². The summed E-state index contributed by atoms with van der Waals surface area (Å²) in [5.41, 5.74) is 3.74. The molecule has 0 aliphatic carbocycles. The van der Waals surface area contributed by atoms with Gasteiger partial charge in [0.05, 0.1) is 24.6 Å². The molecule has 4 nitrogen and oxygen atoms in total. The summed E-state index contributed by atoms with van der Waals surface area (Å²) in [6.07, 6.45) is 0. The number of hydrogen-bond donors (Lipinski definition) is 2. The van der Waals surface area contributed by atoms with Crippen LogP contribution >= 0.6 is 23.6 Å². The first kappa shape index (κ1) is 21.3. The van der Waals surface area contributed by atoms with Crippen molar-refractivity contribution in [2.24, 2.45) is 0 Å². The molecule has 2 heterocycles. The van der Waals surface area contributed by atoms with Crippen molar-refractivity contribution in [1.29, 1.82) is 0 Å². The molecule has 2 aromatic heterocycles. The number of aromatic amines is 1. The van der Waals surface area contributed by atoms with Crippen molar-refractivity contribution in [3.8, 4) is 0 Å². The third kappa shape index (κ3) is 5.03. The maximum atomic E-state index is 12.8. The second-order valence-corrected chi connectivity index (χ2v) is 9.10. The molecular weight excluding hydrogens is 422 g/mol. The van der Waals surface area contributed by atoms with E-state index < -0.39 is 0 Å². The number of thiocarbonyl (C=S) groups is 1. The molecule has 0 aliphatic heterocycles. The van der Waals surface area contributed by atoms with E-state index in [1.807, 2.05) is 55.5 Å². The summed E-state index contributed by atoms with van der Waals surface area (Å²) in [5.74, 6) is 0. The average Bonchev–Trinajstić information content (AvgIpc) is 3.28. The quantitative estimate of drug-likeness (QED) is 0.381. The molecule has 0 aliphatic rings. The number of fused-ring (bicyclic) bond motifs is 1. The third-order valence-corrected chi connectivity index (χ3v) is 6.62. The molecule has 2 N–H and O–H groups in total. The maximum Gasteiger partial charge on any atom is 0.253 e. The van der Waals surface area contributed by atoms with E-state index in [1.165, 1.54) is 10.4 Å². The molecule has 0 fully saturated rings. The van der Waals surface area contributed by atoms with Crippen molar-refractivity contribution in [2.45, 2.75) is 33.0 Å². The highest BCUT2D eigenvalue weighted by molar-refractivity contribution is 7.80. The highest BCUT2D eigenvalue weighted by Crippen LogP contribution is 2.19. The van der Waals surface area contributed by atoms with E-state index >= 15 is 0 Å². The summed E-state index contributed by atoms with van der Waals surface area (Å²) in [4.78, 5) is 19.2. The van der Waals surface area contributed by atoms with Crippen LogP contribution in [0.4, 0.5) is 0 Å². The first-order valence-electron chi connectivity index (χ1n) is 10.3. The van der Waals surface area contributed by atoms with Gasteiger partial charge >= 0.3 is 0 Å². The van der Waals surface area contributed by atoms with Crippen LogP contribution in [0.3, 0.4) is 0 Å². The number of thiophene rings is 1. The van der Waals surface area contributed by atoms with Gasteiger partial charge in [0.15, 0.2) is 5.11 Å². The molecule has 0 bridgehead atoms. The van der Waals surface area contributed by atoms with Gasteiger partial charge in [-0.2, -0.15) is 0 Å². The van der Waals surface area contributed by atoms with E-state index in [0.29, 0.717) is 23.8 Å². The van der Waals surface area contributed by atoms with Crippen LogP contribution in [0.1, 0.15) is 34.5 Å². The lowest BCUT2D eigenvalue weighted by Gasteiger charge is -2.28. The number of benzene rings is 2. The largest absolute Gasteiger partial charge is 0.356 e. The Morgan fingerprint density at radius 2 is 1.90 bits per heavy atom. The van der Waals surface area contributed by atoms with Crippen LogP contribution in [0.15, 0.2) is 76.9 Å². The predicted molar refractivity (Wildman–Crippen MR) is 133 cm³/mol. The molecule has 0 saturated carbocycles. The second-order valence-electron chi connectivity index (χ2n) is 7.68. The molecule has 1 atom stereocenters. The third-order valence-electron chi connectivity index (χ3n) is 5.38. The maximum absolute atomic E-state index is 12.8. The Balaban J connectivity index is 1.61. The van der Waals surface area contributed by atoms with Gasteiger partial charge in [-0.1, -0.05) is 54.6 Å². The van der Waals surface area contributed by atoms with Crippen LogP contribution in [-0.2, 0) is 13.1 Å². The highest BCUT2D eigenvalue weighted by atomic mass is 32.1. The minimum absolute atomic E-state index is 0.0667. The normalized spacial score (nSPS) is 11.9. The second kappa shape index (κ2) is 9.45. The standard InChI is InChI=1S/C25H25N3OS2/c1-17-8-6-11-20-14-21(24(29)27-23(17)20)15-28(16-22-12-7-13-31-22)25(30)26-18(2)19-9-4-3-5-10-19/h3-14,18H,15-16H2,1-2H3,(H,26,30)(H,27,29)/t18-/m1/s1. The average molecular weight is 448 g/mol. The molecule has 4 rings (SSSR count). The molecule has 0 unspecified atom stereocenters. The number of para-hydroxylation sites is 1. The Morgan fingerprint density at radius 3 is 2.65 bits per heavy atom. The minimum Gasteiger partial charge on any atom is -0.356 e. The lowest BCUT2D eigenvalue weighted by molar-refractivity contribution is 0.395. The summed E-state index contributed by atoms with van der Waals surface area (Å²) in [7, 11) is 0. The number of nitrogens with one attached hydrogen (secondary N) is 2. The lowest BCUT2D eigenvalue weighted by atomic mass is 10.1. The fourth-order valence-electron chi connectivity index (χ4n) is 3.64. The Bertz CT molecular complexity index is 1230. The van der Waals surface area contributed by atoms with Crippen LogP contribution < -0.4 is 10.9 Å². The van der Waals surface area contributed by atoms with Gasteiger partial charge in [-0.15, -0.1) is 11.3 Å². The van der Waals surface area contributed by atoms with Crippen LogP contribution in [-0.4, -0.2) is 15.0 Å². The monoisotopic (exact) mass is 447 g/mol. The van der Waals surface area contributed by atoms with Crippen LogP contribution in [0.5, 0.6) is 0 Å². The van der Waals surface area contributed by atoms with E-state index in [1.54, 1.807) is 11.3 Å². The summed E-state index contributed by atoms with van der Waals surface area (Å²) in [6, 6.07) is 22.4. The van der Waals surface area contributed by atoms with Gasteiger partial charge in [0.25, 0.3) is 5.56 Å². The highest BCUT2D eigenvalue weighted by Gasteiger charge is 2.17. The smallest absolute Gasteiger partial charge is 0.253 e. The van der Waals surface area contributed by atoms with E-state index in [4.69, 9.17) is 12.2 Å². The Labute approximate surface area is 191 Å². The van der Waals surface area contributed by atoms with Gasteiger partial charge in [0.1, 0.15) is 0 Å². The first-order chi connectivity index (χ1) is 15.0. The predicted octanol–water partition coefficient (Wildman–Crippen LogP) is 5.54. The summed E-state index contributed by atoms with van der Waals surface area (Å²) in [5, 5.41) is 7.16. The van der Waals surface area contributed by atoms with Gasteiger partial charge in [-0.3, -0.25) is 4.79 Å². The van der Waals surface area contributed by atoms with Gasteiger partial charge in [0.2, 0.25) is 0 Å². The molecule has 6 heteroatoms. The molecule has 0 spiro atoms. The lowest BCUT2D eigenvalue weighted by Crippen LogP contribution is -2.40. The van der Waals surface area contributed by atoms with Gasteiger partial charge < -0.3 is 15.2 Å². The number of aryl methyl sites for hydroxylation is 1. The van der Waals surface area contributed by atoms with E-state index in [9.17, 15) is 4.79 Å². The SMILES string of the molecule is Cc1cccc2cc(CN(Cc3cccs3)C(=S)N[C@H](C)c3ccccc3)c(=O)[nH]c12. The van der Waals surface area contributed by atoms with Crippen molar-refractivity contribution in [3.05, 3.63) is 104 Å². The Kier molecular flexibility index (Phi) is 6.49.